The van der Waals surface area contributed by atoms with Crippen LogP contribution in [0.4, 0.5) is 0 Å². The molecule has 0 aliphatic carbocycles. The van der Waals surface area contributed by atoms with Crippen molar-refractivity contribution in [1.29, 1.82) is 0 Å². The molecule has 2 aromatic heterocycles. The molecule has 3 aromatic rings. The second kappa shape index (κ2) is 6.87. The molecule has 132 valence electrons. The Bertz CT molecular complexity index is 907. The first-order valence-corrected chi connectivity index (χ1v) is 8.29. The molecular weight excluding hydrogens is 332 g/mol. The van der Waals surface area contributed by atoms with Crippen molar-refractivity contribution in [2.45, 2.75) is 6.54 Å². The van der Waals surface area contributed by atoms with Gasteiger partial charge in [0, 0.05) is 32.2 Å². The summed E-state index contributed by atoms with van der Waals surface area (Å²) < 4.78 is 12.9. The van der Waals surface area contributed by atoms with Crippen LogP contribution in [-0.4, -0.2) is 45.6 Å². The average molecular weight is 350 g/mol. The van der Waals surface area contributed by atoms with Gasteiger partial charge in [-0.2, -0.15) is 0 Å². The molecular formula is C19H18N4O3. The normalized spacial score (nSPS) is 12.7. The lowest BCUT2D eigenvalue weighted by Crippen LogP contribution is -2.26. The van der Waals surface area contributed by atoms with Crippen molar-refractivity contribution in [2.75, 3.05) is 20.3 Å². The zero-order chi connectivity index (χ0) is 17.9. The molecule has 0 N–H and O–H groups in total. The Morgan fingerprint density at radius 2 is 2.04 bits per heavy atom. The Morgan fingerprint density at radius 3 is 2.77 bits per heavy atom. The molecule has 0 radical (unpaired) electrons. The summed E-state index contributed by atoms with van der Waals surface area (Å²) in [4.78, 5) is 22.6. The molecule has 0 fully saturated rings. The summed E-state index contributed by atoms with van der Waals surface area (Å²) in [6.45, 7) is 1.58. The topological polar surface area (TPSA) is 69.5 Å². The van der Waals surface area contributed by atoms with Gasteiger partial charge in [-0.1, -0.05) is 6.07 Å². The zero-order valence-corrected chi connectivity index (χ0v) is 14.3. The zero-order valence-electron chi connectivity index (χ0n) is 14.3. The van der Waals surface area contributed by atoms with E-state index in [0.29, 0.717) is 31.1 Å². The van der Waals surface area contributed by atoms with Crippen LogP contribution in [0.2, 0.25) is 0 Å². The van der Waals surface area contributed by atoms with Crippen molar-refractivity contribution in [3.8, 4) is 17.3 Å². The number of benzene rings is 1. The van der Waals surface area contributed by atoms with Crippen LogP contribution in [0.3, 0.4) is 0 Å². The van der Waals surface area contributed by atoms with E-state index in [1.54, 1.807) is 53.6 Å². The van der Waals surface area contributed by atoms with E-state index in [4.69, 9.17) is 9.47 Å². The molecule has 1 aromatic carbocycles. The predicted molar refractivity (Wildman–Crippen MR) is 94.6 cm³/mol. The number of ether oxygens (including phenoxy) is 2. The summed E-state index contributed by atoms with van der Waals surface area (Å²) in [5, 5.41) is 0. The van der Waals surface area contributed by atoms with Gasteiger partial charge in [0.15, 0.2) is 11.5 Å². The van der Waals surface area contributed by atoms with Crippen LogP contribution in [0.5, 0.6) is 11.5 Å². The van der Waals surface area contributed by atoms with Crippen molar-refractivity contribution in [3.05, 3.63) is 66.4 Å². The van der Waals surface area contributed by atoms with Gasteiger partial charge in [-0.3, -0.25) is 9.36 Å². The summed E-state index contributed by atoms with van der Waals surface area (Å²) >= 11 is 0. The fourth-order valence-electron chi connectivity index (χ4n) is 2.81. The van der Waals surface area contributed by atoms with Crippen LogP contribution in [-0.2, 0) is 6.54 Å². The molecule has 0 saturated heterocycles. The molecule has 0 unspecified atom stereocenters. The van der Waals surface area contributed by atoms with Crippen LogP contribution < -0.4 is 9.47 Å². The van der Waals surface area contributed by atoms with Gasteiger partial charge in [0.25, 0.3) is 5.91 Å². The van der Waals surface area contributed by atoms with Gasteiger partial charge in [0.1, 0.15) is 25.4 Å². The number of imidazole rings is 1. The number of nitrogens with zero attached hydrogens (tertiary/aromatic N) is 4. The monoisotopic (exact) mass is 350 g/mol. The quantitative estimate of drug-likeness (QED) is 0.722. The summed E-state index contributed by atoms with van der Waals surface area (Å²) in [7, 11) is 1.77. The number of fused-ring (bicyclic) bond motifs is 1. The molecule has 0 atom stereocenters. The fraction of sp³-hybridized carbons (Fsp3) is 0.211. The number of aromatic nitrogens is 3. The minimum atomic E-state index is -0.0930. The summed E-state index contributed by atoms with van der Waals surface area (Å²) in [6.07, 6.45) is 6.73. The van der Waals surface area contributed by atoms with Crippen molar-refractivity contribution >= 4 is 5.91 Å². The van der Waals surface area contributed by atoms with E-state index in [-0.39, 0.29) is 5.91 Å². The molecule has 4 rings (SSSR count). The first-order valence-electron chi connectivity index (χ1n) is 8.29. The minimum Gasteiger partial charge on any atom is -0.486 e. The van der Waals surface area contributed by atoms with Crippen LogP contribution in [0.1, 0.15) is 15.9 Å². The number of amides is 1. The van der Waals surface area contributed by atoms with E-state index < -0.39 is 0 Å². The van der Waals surface area contributed by atoms with E-state index in [1.807, 2.05) is 18.2 Å². The lowest BCUT2D eigenvalue weighted by molar-refractivity contribution is 0.0784. The first-order chi connectivity index (χ1) is 12.7. The maximum Gasteiger partial charge on any atom is 0.255 e. The van der Waals surface area contributed by atoms with E-state index in [0.717, 1.165) is 17.1 Å². The SMILES string of the molecule is CN(Cc1ccc2c(c1)OCCO2)C(=O)c1ccc(-n2ccnc2)nc1. The van der Waals surface area contributed by atoms with Crippen LogP contribution in [0.25, 0.3) is 5.82 Å². The molecule has 7 nitrogen and oxygen atoms in total. The highest BCUT2D eigenvalue weighted by Gasteiger charge is 2.16. The number of carbonyl (C=O) groups is 1. The lowest BCUT2D eigenvalue weighted by Gasteiger charge is -2.21. The molecule has 0 saturated carbocycles. The van der Waals surface area contributed by atoms with Gasteiger partial charge in [-0.05, 0) is 29.8 Å². The number of pyridine rings is 1. The highest BCUT2D eigenvalue weighted by molar-refractivity contribution is 5.93. The molecule has 1 amide bonds. The van der Waals surface area contributed by atoms with E-state index in [2.05, 4.69) is 9.97 Å². The van der Waals surface area contributed by atoms with Gasteiger partial charge in [-0.15, -0.1) is 0 Å². The second-order valence-electron chi connectivity index (χ2n) is 6.01. The van der Waals surface area contributed by atoms with Crippen LogP contribution in [0, 0.1) is 0 Å². The molecule has 1 aliphatic rings. The second-order valence-corrected chi connectivity index (χ2v) is 6.01. The maximum atomic E-state index is 12.6. The molecule has 0 spiro atoms. The fourth-order valence-corrected chi connectivity index (χ4v) is 2.81. The Kier molecular flexibility index (Phi) is 4.27. The molecule has 0 bridgehead atoms. The highest BCUT2D eigenvalue weighted by atomic mass is 16.6. The lowest BCUT2D eigenvalue weighted by atomic mass is 10.1. The Labute approximate surface area is 150 Å². The van der Waals surface area contributed by atoms with Crippen LogP contribution in [0.15, 0.2) is 55.2 Å². The Balaban J connectivity index is 1.46. The van der Waals surface area contributed by atoms with Crippen molar-refractivity contribution in [1.82, 2.24) is 19.4 Å². The predicted octanol–water partition coefficient (Wildman–Crippen LogP) is 2.31. The van der Waals surface area contributed by atoms with E-state index >= 15 is 0 Å². The molecule has 3 heterocycles. The highest BCUT2D eigenvalue weighted by Crippen LogP contribution is 2.31. The smallest absolute Gasteiger partial charge is 0.255 e. The molecule has 1 aliphatic heterocycles. The number of hydrogen-bond donors (Lipinski definition) is 0. The van der Waals surface area contributed by atoms with Crippen molar-refractivity contribution in [2.24, 2.45) is 0 Å². The third-order valence-corrected chi connectivity index (χ3v) is 4.14. The average Bonchev–Trinajstić information content (AvgIpc) is 3.22. The van der Waals surface area contributed by atoms with Gasteiger partial charge in [-0.25, -0.2) is 9.97 Å². The van der Waals surface area contributed by atoms with Gasteiger partial charge in [0.05, 0.1) is 5.56 Å². The first kappa shape index (κ1) is 16.1. The third kappa shape index (κ3) is 3.23. The van der Waals surface area contributed by atoms with Crippen LogP contribution >= 0.6 is 0 Å². The third-order valence-electron chi connectivity index (χ3n) is 4.14. The maximum absolute atomic E-state index is 12.6. The van der Waals surface area contributed by atoms with Crippen molar-refractivity contribution in [3.63, 3.8) is 0 Å². The summed E-state index contributed by atoms with van der Waals surface area (Å²) in [5.74, 6) is 2.09. The van der Waals surface area contributed by atoms with Gasteiger partial charge >= 0.3 is 0 Å². The largest absolute Gasteiger partial charge is 0.486 e. The minimum absolute atomic E-state index is 0.0930. The van der Waals surface area contributed by atoms with Gasteiger partial charge < -0.3 is 14.4 Å². The molecule has 7 heteroatoms. The number of rotatable bonds is 4. The van der Waals surface area contributed by atoms with Gasteiger partial charge in [0.2, 0.25) is 0 Å². The number of hydrogen-bond acceptors (Lipinski definition) is 5. The molecule has 26 heavy (non-hydrogen) atoms. The van der Waals surface area contributed by atoms with Crippen molar-refractivity contribution < 1.29 is 14.3 Å². The van der Waals surface area contributed by atoms with E-state index in [9.17, 15) is 4.79 Å². The summed E-state index contributed by atoms with van der Waals surface area (Å²) in [6, 6.07) is 9.30. The van der Waals surface area contributed by atoms with E-state index in [1.165, 1.54) is 0 Å². The standard InChI is InChI=1S/C19H18N4O3/c1-22(12-14-2-4-16-17(10-14)26-9-8-25-16)19(24)15-3-5-18(21-11-15)23-7-6-20-13-23/h2-7,10-11,13H,8-9,12H2,1H3. The summed E-state index contributed by atoms with van der Waals surface area (Å²) in [5.41, 5.74) is 1.52. The Hall–Kier alpha value is -3.35. The number of carbonyl (C=O) groups excluding carboxylic acids is 1. The Morgan fingerprint density at radius 1 is 1.19 bits per heavy atom.